The Balaban J connectivity index is 4.15. The SMILES string of the molecule is COC(=O)CCC(NC(=O)CCN(C)C)C(=O)O. The number of hydrogen-bond acceptors (Lipinski definition) is 5. The molecule has 0 aliphatic carbocycles. The van der Waals surface area contributed by atoms with Crippen LogP contribution in [0.25, 0.3) is 0 Å². The second kappa shape index (κ2) is 8.46. The van der Waals surface area contributed by atoms with Crippen molar-refractivity contribution in [1.82, 2.24) is 10.2 Å². The molecule has 0 saturated heterocycles. The minimum absolute atomic E-state index is 0.0235. The maximum Gasteiger partial charge on any atom is 0.326 e. The van der Waals surface area contributed by atoms with Gasteiger partial charge < -0.3 is 20.1 Å². The number of carboxylic acid groups (broad SMARTS) is 1. The number of nitrogens with one attached hydrogen (secondary N) is 1. The Morgan fingerprint density at radius 2 is 1.89 bits per heavy atom. The number of amides is 1. The summed E-state index contributed by atoms with van der Waals surface area (Å²) >= 11 is 0. The number of carboxylic acids is 1. The Hall–Kier alpha value is -1.63. The molecule has 0 aromatic heterocycles. The van der Waals surface area contributed by atoms with Gasteiger partial charge in [-0.2, -0.15) is 0 Å². The molecule has 0 bridgehead atoms. The van der Waals surface area contributed by atoms with Gasteiger partial charge in [0.15, 0.2) is 0 Å². The number of nitrogens with zero attached hydrogens (tertiary/aromatic N) is 1. The molecule has 7 heteroatoms. The van der Waals surface area contributed by atoms with Crippen molar-refractivity contribution < 1.29 is 24.2 Å². The zero-order chi connectivity index (χ0) is 14.1. The number of hydrogen-bond donors (Lipinski definition) is 2. The highest BCUT2D eigenvalue weighted by molar-refractivity contribution is 5.84. The molecule has 0 saturated carbocycles. The summed E-state index contributed by atoms with van der Waals surface area (Å²) in [4.78, 5) is 35.1. The van der Waals surface area contributed by atoms with Gasteiger partial charge in [0.2, 0.25) is 5.91 Å². The van der Waals surface area contributed by atoms with E-state index in [1.807, 2.05) is 19.0 Å². The van der Waals surface area contributed by atoms with E-state index in [9.17, 15) is 14.4 Å². The molecule has 1 amide bonds. The quantitative estimate of drug-likeness (QED) is 0.569. The van der Waals surface area contributed by atoms with Crippen LogP contribution in [0.15, 0.2) is 0 Å². The summed E-state index contributed by atoms with van der Waals surface area (Å²) in [7, 11) is 4.87. The number of carbonyl (C=O) groups excluding carboxylic acids is 2. The van der Waals surface area contributed by atoms with E-state index >= 15 is 0 Å². The number of carbonyl (C=O) groups is 3. The lowest BCUT2D eigenvalue weighted by molar-refractivity contribution is -0.144. The van der Waals surface area contributed by atoms with Crippen LogP contribution in [-0.4, -0.2) is 61.6 Å². The lowest BCUT2D eigenvalue weighted by Crippen LogP contribution is -2.41. The summed E-state index contributed by atoms with van der Waals surface area (Å²) in [5.74, 6) is -2.00. The van der Waals surface area contributed by atoms with Crippen LogP contribution in [0.1, 0.15) is 19.3 Å². The molecule has 18 heavy (non-hydrogen) atoms. The maximum atomic E-state index is 11.5. The van der Waals surface area contributed by atoms with Gasteiger partial charge in [-0.1, -0.05) is 0 Å². The highest BCUT2D eigenvalue weighted by Crippen LogP contribution is 2.00. The van der Waals surface area contributed by atoms with Crippen LogP contribution in [0.4, 0.5) is 0 Å². The molecule has 2 N–H and O–H groups in total. The van der Waals surface area contributed by atoms with Crippen LogP contribution in [-0.2, 0) is 19.1 Å². The summed E-state index contributed by atoms with van der Waals surface area (Å²) in [6.45, 7) is 0.537. The molecule has 0 fully saturated rings. The van der Waals surface area contributed by atoms with Gasteiger partial charge in [0.25, 0.3) is 0 Å². The third kappa shape index (κ3) is 7.61. The Morgan fingerprint density at radius 1 is 1.28 bits per heavy atom. The van der Waals surface area contributed by atoms with E-state index in [-0.39, 0.29) is 25.2 Å². The van der Waals surface area contributed by atoms with E-state index in [0.29, 0.717) is 6.54 Å². The fourth-order valence-corrected chi connectivity index (χ4v) is 1.21. The van der Waals surface area contributed by atoms with Crippen molar-refractivity contribution in [2.75, 3.05) is 27.7 Å². The van der Waals surface area contributed by atoms with Gasteiger partial charge in [0.05, 0.1) is 7.11 Å². The van der Waals surface area contributed by atoms with Crippen LogP contribution in [0.3, 0.4) is 0 Å². The molecule has 0 radical (unpaired) electrons. The highest BCUT2D eigenvalue weighted by Gasteiger charge is 2.20. The minimum Gasteiger partial charge on any atom is -0.480 e. The first-order chi connectivity index (χ1) is 8.36. The van der Waals surface area contributed by atoms with Crippen LogP contribution in [0.2, 0.25) is 0 Å². The minimum atomic E-state index is -1.16. The number of methoxy groups -OCH3 is 1. The molecule has 104 valence electrons. The van der Waals surface area contributed by atoms with Gasteiger partial charge in [-0.25, -0.2) is 4.79 Å². The number of rotatable bonds is 8. The van der Waals surface area contributed by atoms with Crippen molar-refractivity contribution in [2.24, 2.45) is 0 Å². The molecular weight excluding hydrogens is 240 g/mol. The van der Waals surface area contributed by atoms with Gasteiger partial charge in [-0.3, -0.25) is 9.59 Å². The summed E-state index contributed by atoms with van der Waals surface area (Å²) in [5, 5.41) is 11.3. The van der Waals surface area contributed by atoms with Gasteiger partial charge in [0.1, 0.15) is 6.04 Å². The molecule has 0 aliphatic rings. The Labute approximate surface area is 106 Å². The van der Waals surface area contributed by atoms with Crippen molar-refractivity contribution in [3.05, 3.63) is 0 Å². The molecule has 0 aliphatic heterocycles. The van der Waals surface area contributed by atoms with E-state index in [1.165, 1.54) is 7.11 Å². The molecule has 1 unspecified atom stereocenters. The fraction of sp³-hybridized carbons (Fsp3) is 0.727. The Bertz CT molecular complexity index is 304. The van der Waals surface area contributed by atoms with Crippen molar-refractivity contribution >= 4 is 17.8 Å². The number of esters is 1. The topological polar surface area (TPSA) is 95.9 Å². The Kier molecular flexibility index (Phi) is 7.69. The van der Waals surface area contributed by atoms with Crippen LogP contribution >= 0.6 is 0 Å². The molecule has 1 atom stereocenters. The number of aliphatic carboxylic acids is 1. The monoisotopic (exact) mass is 260 g/mol. The number of ether oxygens (including phenoxy) is 1. The van der Waals surface area contributed by atoms with Gasteiger partial charge in [-0.05, 0) is 20.5 Å². The van der Waals surface area contributed by atoms with Crippen molar-refractivity contribution in [1.29, 1.82) is 0 Å². The van der Waals surface area contributed by atoms with Gasteiger partial charge >= 0.3 is 11.9 Å². The predicted octanol–water partition coefficient (Wildman–Crippen LogP) is -0.539. The van der Waals surface area contributed by atoms with Gasteiger partial charge in [0, 0.05) is 19.4 Å². The third-order valence-electron chi connectivity index (χ3n) is 2.28. The molecule has 7 nitrogen and oxygen atoms in total. The van der Waals surface area contributed by atoms with E-state index in [0.717, 1.165) is 0 Å². The highest BCUT2D eigenvalue weighted by atomic mass is 16.5. The first-order valence-corrected chi connectivity index (χ1v) is 5.60. The summed E-state index contributed by atoms with van der Waals surface area (Å²) < 4.78 is 4.41. The molecular formula is C11H20N2O5. The zero-order valence-electron chi connectivity index (χ0n) is 10.9. The van der Waals surface area contributed by atoms with Crippen molar-refractivity contribution in [3.8, 4) is 0 Å². The molecule has 0 heterocycles. The molecule has 0 aromatic carbocycles. The molecule has 0 spiro atoms. The normalized spacial score (nSPS) is 12.0. The maximum absolute atomic E-state index is 11.5. The predicted molar refractivity (Wildman–Crippen MR) is 64.0 cm³/mol. The van der Waals surface area contributed by atoms with E-state index in [2.05, 4.69) is 10.1 Å². The first kappa shape index (κ1) is 16.4. The second-order valence-electron chi connectivity index (χ2n) is 4.13. The third-order valence-corrected chi connectivity index (χ3v) is 2.28. The van der Waals surface area contributed by atoms with Crippen molar-refractivity contribution in [3.63, 3.8) is 0 Å². The van der Waals surface area contributed by atoms with Gasteiger partial charge in [-0.15, -0.1) is 0 Å². The average Bonchev–Trinajstić information content (AvgIpc) is 2.30. The van der Waals surface area contributed by atoms with Crippen LogP contribution in [0.5, 0.6) is 0 Å². The Morgan fingerprint density at radius 3 is 2.33 bits per heavy atom. The van der Waals surface area contributed by atoms with Crippen molar-refractivity contribution in [2.45, 2.75) is 25.3 Å². The molecule has 0 rings (SSSR count). The second-order valence-corrected chi connectivity index (χ2v) is 4.13. The average molecular weight is 260 g/mol. The van der Waals surface area contributed by atoms with Crippen LogP contribution < -0.4 is 5.32 Å². The zero-order valence-corrected chi connectivity index (χ0v) is 10.9. The smallest absolute Gasteiger partial charge is 0.326 e. The van der Waals surface area contributed by atoms with E-state index in [1.54, 1.807) is 0 Å². The van der Waals surface area contributed by atoms with E-state index < -0.39 is 18.0 Å². The largest absolute Gasteiger partial charge is 0.480 e. The first-order valence-electron chi connectivity index (χ1n) is 5.60. The lowest BCUT2D eigenvalue weighted by atomic mass is 10.1. The fourth-order valence-electron chi connectivity index (χ4n) is 1.21. The lowest BCUT2D eigenvalue weighted by Gasteiger charge is -2.15. The molecule has 0 aromatic rings. The summed E-state index contributed by atoms with van der Waals surface area (Å²) in [6.07, 6.45) is 0.201. The standard InChI is InChI=1S/C11H20N2O5/c1-13(2)7-6-9(14)12-8(11(16)17)4-5-10(15)18-3/h8H,4-7H2,1-3H3,(H,12,14)(H,16,17). The van der Waals surface area contributed by atoms with Crippen LogP contribution in [0, 0.1) is 0 Å². The summed E-state index contributed by atoms with van der Waals surface area (Å²) in [6, 6.07) is -1.06. The summed E-state index contributed by atoms with van der Waals surface area (Å²) in [5.41, 5.74) is 0. The van der Waals surface area contributed by atoms with E-state index in [4.69, 9.17) is 5.11 Å².